The van der Waals surface area contributed by atoms with Gasteiger partial charge in [0, 0.05) is 47.7 Å². The summed E-state index contributed by atoms with van der Waals surface area (Å²) in [6.45, 7) is 2.69. The number of aliphatic hydroxyl groups excluding tert-OH is 1. The Morgan fingerprint density at radius 1 is 1.30 bits per heavy atom. The molecular weight excluding hydrogens is 460 g/mol. The van der Waals surface area contributed by atoms with Crippen molar-refractivity contribution in [3.63, 3.8) is 0 Å². The normalized spacial score (nSPS) is 21.5. The highest BCUT2D eigenvalue weighted by Gasteiger charge is 2.50. The molecule has 0 saturated carbocycles. The molecule has 4 heterocycles. The number of rotatable bonds is 5. The summed E-state index contributed by atoms with van der Waals surface area (Å²) in [6.07, 6.45) is 4.78. The minimum atomic E-state index is -3.51. The van der Waals surface area contributed by atoms with Gasteiger partial charge in [-0.25, -0.2) is 13.4 Å². The number of nitrogens with zero attached hydrogens (tertiary/aromatic N) is 4. The molecule has 0 unspecified atom stereocenters. The van der Waals surface area contributed by atoms with Gasteiger partial charge in [-0.2, -0.15) is 4.31 Å². The summed E-state index contributed by atoms with van der Waals surface area (Å²) < 4.78 is 34.7. The Bertz CT molecular complexity index is 1260. The van der Waals surface area contributed by atoms with E-state index in [4.69, 9.17) is 4.74 Å². The molecule has 33 heavy (non-hydrogen) atoms. The maximum atomic E-state index is 12.9. The predicted molar refractivity (Wildman–Crippen MR) is 129 cm³/mol. The lowest BCUT2D eigenvalue weighted by Gasteiger charge is -2.49. The summed E-state index contributed by atoms with van der Waals surface area (Å²) in [4.78, 5) is 6.83. The first-order valence-corrected chi connectivity index (χ1v) is 13.9. The standard InChI is InChI=1S/C23H30N4O4S2/c1-25-18-12-16(31-2)4-5-17(18)21-22(25)19(14-28)27(33(3,29)30)15-23(21)6-9-26(10-7-23)13-20-24-8-11-32-20/h4-5,8,11-12,19,28H,6-7,9-10,13-15H2,1-3H3/t19-/m1/s1. The van der Waals surface area contributed by atoms with Crippen LogP contribution < -0.4 is 4.74 Å². The largest absolute Gasteiger partial charge is 0.497 e. The quantitative estimate of drug-likeness (QED) is 0.591. The van der Waals surface area contributed by atoms with E-state index in [9.17, 15) is 13.5 Å². The van der Waals surface area contributed by atoms with Crippen LogP contribution in [0, 0.1) is 0 Å². The first-order chi connectivity index (χ1) is 15.8. The molecule has 1 saturated heterocycles. The predicted octanol–water partition coefficient (Wildman–Crippen LogP) is 2.49. The van der Waals surface area contributed by atoms with Gasteiger partial charge in [0.05, 0.1) is 38.1 Å². The van der Waals surface area contributed by atoms with Crippen LogP contribution in [0.4, 0.5) is 0 Å². The Balaban J connectivity index is 1.62. The van der Waals surface area contributed by atoms with Gasteiger partial charge in [0.2, 0.25) is 10.0 Å². The van der Waals surface area contributed by atoms with Crippen LogP contribution in [0.25, 0.3) is 10.9 Å². The van der Waals surface area contributed by atoms with Crippen LogP contribution in [0.15, 0.2) is 29.8 Å². The fourth-order valence-corrected chi connectivity index (χ4v) is 7.50. The molecule has 2 aliphatic rings. The maximum Gasteiger partial charge on any atom is 0.211 e. The molecule has 1 spiro atoms. The van der Waals surface area contributed by atoms with Gasteiger partial charge in [-0.15, -0.1) is 11.3 Å². The third-order valence-corrected chi connectivity index (χ3v) is 9.36. The van der Waals surface area contributed by atoms with Gasteiger partial charge in [0.1, 0.15) is 10.8 Å². The summed E-state index contributed by atoms with van der Waals surface area (Å²) in [5, 5.41) is 14.6. The lowest BCUT2D eigenvalue weighted by molar-refractivity contribution is 0.0920. The average Bonchev–Trinajstić information content (AvgIpc) is 3.41. The molecule has 178 valence electrons. The van der Waals surface area contributed by atoms with E-state index >= 15 is 0 Å². The zero-order valence-corrected chi connectivity index (χ0v) is 20.8. The number of sulfonamides is 1. The number of fused-ring (bicyclic) bond motifs is 4. The number of aryl methyl sites for hydroxylation is 1. The number of hydrogen-bond acceptors (Lipinski definition) is 7. The highest BCUT2D eigenvalue weighted by molar-refractivity contribution is 7.88. The molecule has 0 amide bonds. The van der Waals surface area contributed by atoms with Crippen LogP contribution in [-0.4, -0.2) is 71.9 Å². The zero-order valence-electron chi connectivity index (χ0n) is 19.2. The van der Waals surface area contributed by atoms with Gasteiger partial charge in [-0.05, 0) is 43.6 Å². The van der Waals surface area contributed by atoms with E-state index in [1.165, 1.54) is 16.1 Å². The lowest BCUT2D eigenvalue weighted by atomic mass is 9.69. The van der Waals surface area contributed by atoms with Gasteiger partial charge in [-0.3, -0.25) is 4.90 Å². The van der Waals surface area contributed by atoms with E-state index in [1.54, 1.807) is 18.4 Å². The summed E-state index contributed by atoms with van der Waals surface area (Å²) in [7, 11) is 0.0897. The van der Waals surface area contributed by atoms with E-state index in [2.05, 4.69) is 20.5 Å². The molecule has 5 rings (SSSR count). The summed E-state index contributed by atoms with van der Waals surface area (Å²) in [5.41, 5.74) is 2.77. The van der Waals surface area contributed by atoms with Crippen molar-refractivity contribution in [3.05, 3.63) is 46.0 Å². The highest BCUT2D eigenvalue weighted by atomic mass is 32.2. The topological polar surface area (TPSA) is 87.9 Å². The van der Waals surface area contributed by atoms with Crippen molar-refractivity contribution in [1.82, 2.24) is 18.8 Å². The summed E-state index contributed by atoms with van der Waals surface area (Å²) in [5.74, 6) is 0.758. The van der Waals surface area contributed by atoms with Gasteiger partial charge >= 0.3 is 0 Å². The molecular formula is C23H30N4O4S2. The van der Waals surface area contributed by atoms with Crippen LogP contribution in [0.3, 0.4) is 0 Å². The van der Waals surface area contributed by atoms with E-state index in [0.29, 0.717) is 6.54 Å². The number of hydrogen-bond donors (Lipinski definition) is 1. The third kappa shape index (κ3) is 3.77. The number of likely N-dealkylation sites (tertiary alicyclic amines) is 1. The van der Waals surface area contributed by atoms with Crippen molar-refractivity contribution in [2.45, 2.75) is 30.8 Å². The number of thiazole rings is 1. The van der Waals surface area contributed by atoms with Gasteiger partial charge < -0.3 is 14.4 Å². The number of ether oxygens (including phenoxy) is 1. The average molecular weight is 491 g/mol. The first kappa shape index (κ1) is 22.8. The summed E-state index contributed by atoms with van der Waals surface area (Å²) >= 11 is 1.66. The van der Waals surface area contributed by atoms with Crippen LogP contribution in [0.1, 0.15) is 35.1 Å². The molecule has 2 aliphatic heterocycles. The molecule has 1 aromatic carbocycles. The molecule has 0 bridgehead atoms. The van der Waals surface area contributed by atoms with Crippen molar-refractivity contribution >= 4 is 32.3 Å². The minimum absolute atomic E-state index is 0.256. The number of aliphatic hydroxyl groups is 1. The van der Waals surface area contributed by atoms with Gasteiger partial charge in [0.25, 0.3) is 0 Å². The van der Waals surface area contributed by atoms with Crippen LogP contribution >= 0.6 is 11.3 Å². The zero-order chi connectivity index (χ0) is 23.4. The van der Waals surface area contributed by atoms with Crippen molar-refractivity contribution in [3.8, 4) is 5.75 Å². The third-order valence-electron chi connectivity index (χ3n) is 7.36. The van der Waals surface area contributed by atoms with Crippen LogP contribution in [0.2, 0.25) is 0 Å². The van der Waals surface area contributed by atoms with Crippen molar-refractivity contribution < 1.29 is 18.3 Å². The smallest absolute Gasteiger partial charge is 0.211 e. The Kier molecular flexibility index (Phi) is 5.77. The SMILES string of the molecule is COc1ccc2c3c(n(C)c2c1)[C@@H](CO)N(S(C)(=O)=O)CC31CCN(Cc2nccs2)CC1. The number of aromatic nitrogens is 2. The summed E-state index contributed by atoms with van der Waals surface area (Å²) in [6, 6.07) is 5.45. The highest BCUT2D eigenvalue weighted by Crippen LogP contribution is 2.50. The fourth-order valence-electron chi connectivity index (χ4n) is 5.73. The molecule has 3 aromatic rings. The molecule has 10 heteroatoms. The molecule has 0 aliphatic carbocycles. The van der Waals surface area contributed by atoms with E-state index in [-0.39, 0.29) is 12.0 Å². The fraction of sp³-hybridized carbons (Fsp3) is 0.522. The Morgan fingerprint density at radius 2 is 2.06 bits per heavy atom. The molecule has 1 N–H and O–H groups in total. The lowest BCUT2D eigenvalue weighted by Crippen LogP contribution is -2.55. The second kappa shape index (κ2) is 8.35. The Hall–Kier alpha value is -1.98. The number of methoxy groups -OCH3 is 1. The minimum Gasteiger partial charge on any atom is -0.497 e. The monoisotopic (exact) mass is 490 g/mol. The van der Waals surface area contributed by atoms with Crippen molar-refractivity contribution in [1.29, 1.82) is 0 Å². The number of benzene rings is 1. The van der Waals surface area contributed by atoms with Crippen LogP contribution in [-0.2, 0) is 29.0 Å². The van der Waals surface area contributed by atoms with Crippen molar-refractivity contribution in [2.24, 2.45) is 7.05 Å². The second-order valence-electron chi connectivity index (χ2n) is 9.19. The first-order valence-electron chi connectivity index (χ1n) is 11.1. The maximum absolute atomic E-state index is 12.9. The second-order valence-corrected chi connectivity index (χ2v) is 12.1. The molecule has 0 radical (unpaired) electrons. The molecule has 1 atom stereocenters. The van der Waals surface area contributed by atoms with Gasteiger partial charge in [-0.1, -0.05) is 0 Å². The van der Waals surface area contributed by atoms with Gasteiger partial charge in [0.15, 0.2) is 0 Å². The Morgan fingerprint density at radius 3 is 2.67 bits per heavy atom. The van der Waals surface area contributed by atoms with Crippen molar-refractivity contribution in [2.75, 3.05) is 39.6 Å². The van der Waals surface area contributed by atoms with E-state index in [0.717, 1.165) is 59.8 Å². The van der Waals surface area contributed by atoms with E-state index in [1.807, 2.05) is 30.8 Å². The Labute approximate surface area is 198 Å². The molecule has 1 fully saturated rings. The molecule has 2 aromatic heterocycles. The number of piperidine rings is 1. The van der Waals surface area contributed by atoms with E-state index < -0.39 is 16.1 Å². The molecule has 8 nitrogen and oxygen atoms in total. The van der Waals surface area contributed by atoms with Crippen LogP contribution in [0.5, 0.6) is 5.75 Å².